The summed E-state index contributed by atoms with van der Waals surface area (Å²) in [5.41, 5.74) is 5.89. The van der Waals surface area contributed by atoms with Crippen LogP contribution in [-0.2, 0) is 6.54 Å². The summed E-state index contributed by atoms with van der Waals surface area (Å²) in [7, 11) is 1.95. The average molecular weight is 261 g/mol. The molecule has 94 valence electrons. The number of nitrogen functional groups attached to an aromatic ring is 1. The van der Waals surface area contributed by atoms with E-state index in [4.69, 9.17) is 11.0 Å². The van der Waals surface area contributed by atoms with E-state index in [1.165, 1.54) is 0 Å². The number of nitrogens with two attached hydrogens (primary N) is 1. The van der Waals surface area contributed by atoms with Gasteiger partial charge in [0.05, 0.1) is 23.9 Å². The van der Waals surface area contributed by atoms with Crippen molar-refractivity contribution in [1.82, 2.24) is 14.9 Å². The number of aromatic nitrogens is 2. The van der Waals surface area contributed by atoms with Gasteiger partial charge in [0.2, 0.25) is 0 Å². The zero-order valence-corrected chi connectivity index (χ0v) is 11.2. The Kier molecular flexibility index (Phi) is 3.75. The molecule has 1 unspecified atom stereocenters. The van der Waals surface area contributed by atoms with Crippen LogP contribution in [-0.4, -0.2) is 28.5 Å². The predicted octanol–water partition coefficient (Wildman–Crippen LogP) is 1.86. The van der Waals surface area contributed by atoms with Crippen molar-refractivity contribution in [2.75, 3.05) is 19.3 Å². The third kappa shape index (κ3) is 2.75. The van der Waals surface area contributed by atoms with Crippen molar-refractivity contribution in [3.05, 3.63) is 17.3 Å². The van der Waals surface area contributed by atoms with Crippen LogP contribution in [0.5, 0.6) is 0 Å². The van der Waals surface area contributed by atoms with Crippen molar-refractivity contribution in [2.24, 2.45) is 5.92 Å². The Morgan fingerprint density at radius 1 is 1.56 bits per heavy atom. The minimum absolute atomic E-state index is 0.00202. The summed E-state index contributed by atoms with van der Waals surface area (Å²) >= 11 is 1.56. The van der Waals surface area contributed by atoms with Gasteiger partial charge < -0.3 is 5.73 Å². The van der Waals surface area contributed by atoms with Gasteiger partial charge >= 0.3 is 0 Å². The maximum absolute atomic E-state index is 8.78. The normalized spacial score (nSPS) is 12.8. The molecule has 0 amide bonds. The summed E-state index contributed by atoms with van der Waals surface area (Å²) in [6.45, 7) is 3.19. The highest BCUT2D eigenvalue weighted by Crippen LogP contribution is 2.23. The van der Waals surface area contributed by atoms with E-state index >= 15 is 0 Å². The second kappa shape index (κ2) is 5.29. The number of hydrogen-bond donors (Lipinski definition) is 1. The molecule has 0 spiro atoms. The molecule has 2 heterocycles. The summed E-state index contributed by atoms with van der Waals surface area (Å²) in [6, 6.07) is 4.14. The van der Waals surface area contributed by atoms with Gasteiger partial charge in [-0.05, 0) is 25.4 Å². The van der Waals surface area contributed by atoms with Crippen molar-refractivity contribution in [3.8, 4) is 6.07 Å². The number of thiophene rings is 1. The first-order chi connectivity index (χ1) is 8.60. The minimum Gasteiger partial charge on any atom is -0.383 e. The van der Waals surface area contributed by atoms with E-state index in [0.29, 0.717) is 24.7 Å². The molecule has 2 aromatic heterocycles. The van der Waals surface area contributed by atoms with Gasteiger partial charge in [-0.15, -0.1) is 11.3 Å². The molecule has 0 radical (unpaired) electrons. The molecule has 0 aromatic carbocycles. The summed E-state index contributed by atoms with van der Waals surface area (Å²) in [4.78, 5) is 11.7. The van der Waals surface area contributed by atoms with Crippen LogP contribution >= 0.6 is 11.3 Å². The Morgan fingerprint density at radius 2 is 2.33 bits per heavy atom. The third-order valence-electron chi connectivity index (χ3n) is 2.62. The van der Waals surface area contributed by atoms with Gasteiger partial charge in [0.15, 0.2) is 0 Å². The Labute approximate surface area is 110 Å². The highest BCUT2D eigenvalue weighted by atomic mass is 32.1. The lowest BCUT2D eigenvalue weighted by atomic mass is 10.2. The van der Waals surface area contributed by atoms with Crippen molar-refractivity contribution in [3.63, 3.8) is 0 Å². The maximum Gasteiger partial charge on any atom is 0.146 e. The van der Waals surface area contributed by atoms with Crippen molar-refractivity contribution in [1.29, 1.82) is 5.26 Å². The van der Waals surface area contributed by atoms with Gasteiger partial charge in [-0.2, -0.15) is 5.26 Å². The topological polar surface area (TPSA) is 78.8 Å². The highest BCUT2D eigenvalue weighted by Gasteiger charge is 2.10. The van der Waals surface area contributed by atoms with Crippen LogP contribution in [0.2, 0.25) is 0 Å². The minimum atomic E-state index is -0.00202. The molecule has 2 N–H and O–H groups in total. The first-order valence-electron chi connectivity index (χ1n) is 5.68. The molecule has 0 aliphatic rings. The van der Waals surface area contributed by atoms with Crippen LogP contribution < -0.4 is 5.73 Å². The standard InChI is InChI=1S/C12H15N5S/c1-8(5-13)6-17(2)7-10-15-11(14)9-3-4-18-12(9)16-10/h3-4,8H,6-7H2,1-2H3,(H2,14,15,16). The molecule has 0 bridgehead atoms. The number of hydrogen-bond acceptors (Lipinski definition) is 6. The Hall–Kier alpha value is -1.71. The second-order valence-corrected chi connectivity index (χ2v) is 5.29. The van der Waals surface area contributed by atoms with Crippen LogP contribution in [0.25, 0.3) is 10.2 Å². The Morgan fingerprint density at radius 3 is 3.06 bits per heavy atom. The first-order valence-corrected chi connectivity index (χ1v) is 6.56. The number of anilines is 1. The lowest BCUT2D eigenvalue weighted by molar-refractivity contribution is 0.296. The van der Waals surface area contributed by atoms with Crippen molar-refractivity contribution < 1.29 is 0 Å². The lowest BCUT2D eigenvalue weighted by Gasteiger charge is -2.16. The summed E-state index contributed by atoms with van der Waals surface area (Å²) in [5.74, 6) is 1.23. The Bertz CT molecular complexity index is 586. The number of nitriles is 1. The van der Waals surface area contributed by atoms with E-state index in [1.807, 2.05) is 30.3 Å². The molecule has 5 nitrogen and oxygen atoms in total. The third-order valence-corrected chi connectivity index (χ3v) is 3.42. The number of rotatable bonds is 4. The molecule has 1 atom stereocenters. The molecular weight excluding hydrogens is 246 g/mol. The first kappa shape index (κ1) is 12.7. The molecule has 0 aliphatic heterocycles. The average Bonchev–Trinajstić information content (AvgIpc) is 2.77. The quantitative estimate of drug-likeness (QED) is 0.908. The zero-order valence-electron chi connectivity index (χ0n) is 10.4. The van der Waals surface area contributed by atoms with E-state index in [-0.39, 0.29) is 5.92 Å². The van der Waals surface area contributed by atoms with Crippen LogP contribution in [0, 0.1) is 17.2 Å². The molecule has 2 aromatic rings. The van der Waals surface area contributed by atoms with Gasteiger partial charge in [0, 0.05) is 6.54 Å². The molecule has 0 saturated carbocycles. The molecular formula is C12H15N5S. The van der Waals surface area contributed by atoms with Crippen molar-refractivity contribution >= 4 is 27.4 Å². The van der Waals surface area contributed by atoms with Gasteiger partial charge in [0.25, 0.3) is 0 Å². The van der Waals surface area contributed by atoms with Gasteiger partial charge in [-0.1, -0.05) is 0 Å². The van der Waals surface area contributed by atoms with Crippen LogP contribution in [0.4, 0.5) is 5.82 Å². The molecule has 0 aliphatic carbocycles. The van der Waals surface area contributed by atoms with Crippen LogP contribution in [0.1, 0.15) is 12.7 Å². The van der Waals surface area contributed by atoms with Crippen LogP contribution in [0.15, 0.2) is 11.4 Å². The van der Waals surface area contributed by atoms with Crippen molar-refractivity contribution in [2.45, 2.75) is 13.5 Å². The van der Waals surface area contributed by atoms with E-state index < -0.39 is 0 Å². The fourth-order valence-corrected chi connectivity index (χ4v) is 2.60. The maximum atomic E-state index is 8.78. The molecule has 6 heteroatoms. The summed E-state index contributed by atoms with van der Waals surface area (Å²) in [6.07, 6.45) is 0. The lowest BCUT2D eigenvalue weighted by Crippen LogP contribution is -2.24. The predicted molar refractivity (Wildman–Crippen MR) is 72.9 cm³/mol. The summed E-state index contributed by atoms with van der Waals surface area (Å²) < 4.78 is 0. The molecule has 0 saturated heterocycles. The van der Waals surface area contributed by atoms with Gasteiger partial charge in [-0.3, -0.25) is 4.90 Å². The monoisotopic (exact) mass is 261 g/mol. The van der Waals surface area contributed by atoms with Crippen LogP contribution in [0.3, 0.4) is 0 Å². The number of fused-ring (bicyclic) bond motifs is 1. The second-order valence-electron chi connectivity index (χ2n) is 4.39. The van der Waals surface area contributed by atoms with Gasteiger partial charge in [0.1, 0.15) is 16.5 Å². The highest BCUT2D eigenvalue weighted by molar-refractivity contribution is 7.16. The number of nitrogens with zero attached hydrogens (tertiary/aromatic N) is 4. The SMILES string of the molecule is CC(C#N)CN(C)Cc1nc(N)c2ccsc2n1. The molecule has 18 heavy (non-hydrogen) atoms. The van der Waals surface area contributed by atoms with Gasteiger partial charge in [-0.25, -0.2) is 9.97 Å². The van der Waals surface area contributed by atoms with E-state index in [9.17, 15) is 0 Å². The van der Waals surface area contributed by atoms with E-state index in [1.54, 1.807) is 11.3 Å². The zero-order chi connectivity index (χ0) is 13.1. The van der Waals surface area contributed by atoms with E-state index in [0.717, 1.165) is 10.2 Å². The fourth-order valence-electron chi connectivity index (χ4n) is 1.81. The largest absolute Gasteiger partial charge is 0.383 e. The smallest absolute Gasteiger partial charge is 0.146 e. The summed E-state index contributed by atoms with van der Waals surface area (Å²) in [5, 5.41) is 11.7. The fraction of sp³-hybridized carbons (Fsp3) is 0.417. The molecule has 0 fully saturated rings. The molecule has 2 rings (SSSR count). The Balaban J connectivity index is 2.14. The van der Waals surface area contributed by atoms with E-state index in [2.05, 4.69) is 16.0 Å².